The summed E-state index contributed by atoms with van der Waals surface area (Å²) in [7, 11) is 0. The van der Waals surface area contributed by atoms with Gasteiger partial charge in [-0.3, -0.25) is 9.69 Å². The Balaban J connectivity index is 1.26. The van der Waals surface area contributed by atoms with Crippen LogP contribution < -0.4 is 0 Å². The first-order chi connectivity index (χ1) is 14.7. The molecule has 0 unspecified atom stereocenters. The van der Waals surface area contributed by atoms with Crippen molar-refractivity contribution in [1.29, 1.82) is 0 Å². The Morgan fingerprint density at radius 1 is 0.967 bits per heavy atom. The molecule has 1 saturated heterocycles. The monoisotopic (exact) mass is 404 g/mol. The van der Waals surface area contributed by atoms with Crippen molar-refractivity contribution in [3.8, 4) is 11.5 Å². The van der Waals surface area contributed by atoms with Gasteiger partial charge >= 0.3 is 0 Å². The SMILES string of the molecule is Cc1ccc(CN2CCCN(C(=O)CCc3nnc(-c4ccccc4)o3)CC2)cc1. The number of aryl methyl sites for hydroxylation is 2. The molecule has 3 aromatic rings. The summed E-state index contributed by atoms with van der Waals surface area (Å²) in [6.45, 7) is 6.54. The van der Waals surface area contributed by atoms with E-state index in [1.807, 2.05) is 35.2 Å². The standard InChI is InChI=1S/C24H28N4O2/c1-19-8-10-20(11-9-19)18-27-14-5-15-28(17-16-27)23(29)13-12-22-25-26-24(30-22)21-6-3-2-4-7-21/h2-4,6-11H,5,12-18H2,1H3. The minimum Gasteiger partial charge on any atom is -0.421 e. The van der Waals surface area contributed by atoms with E-state index in [2.05, 4.69) is 46.3 Å². The average Bonchev–Trinajstić information content (AvgIpc) is 3.13. The van der Waals surface area contributed by atoms with Gasteiger partial charge in [-0.2, -0.15) is 0 Å². The van der Waals surface area contributed by atoms with Gasteiger partial charge in [0.25, 0.3) is 0 Å². The van der Waals surface area contributed by atoms with Crippen LogP contribution >= 0.6 is 0 Å². The second kappa shape index (κ2) is 9.67. The third-order valence-corrected chi connectivity index (χ3v) is 5.51. The Bertz CT molecular complexity index is 953. The molecule has 4 rings (SSSR count). The summed E-state index contributed by atoms with van der Waals surface area (Å²) >= 11 is 0. The molecule has 0 aliphatic carbocycles. The lowest BCUT2D eigenvalue weighted by molar-refractivity contribution is -0.131. The predicted molar refractivity (Wildman–Crippen MR) is 116 cm³/mol. The third kappa shape index (κ3) is 5.33. The predicted octanol–water partition coefficient (Wildman–Crippen LogP) is 3.71. The van der Waals surface area contributed by atoms with E-state index >= 15 is 0 Å². The molecule has 6 nitrogen and oxygen atoms in total. The summed E-state index contributed by atoms with van der Waals surface area (Å²) < 4.78 is 5.72. The second-order valence-electron chi connectivity index (χ2n) is 7.86. The minimum atomic E-state index is 0.159. The van der Waals surface area contributed by atoms with Crippen molar-refractivity contribution in [3.05, 3.63) is 71.6 Å². The quantitative estimate of drug-likeness (QED) is 0.627. The highest BCUT2D eigenvalue weighted by molar-refractivity contribution is 5.76. The summed E-state index contributed by atoms with van der Waals surface area (Å²) in [6, 6.07) is 18.4. The molecule has 1 amide bonds. The van der Waals surface area contributed by atoms with Gasteiger partial charge in [-0.25, -0.2) is 0 Å². The van der Waals surface area contributed by atoms with Crippen LogP contribution in [0.15, 0.2) is 59.0 Å². The molecule has 0 atom stereocenters. The zero-order valence-electron chi connectivity index (χ0n) is 17.5. The van der Waals surface area contributed by atoms with Gasteiger partial charge in [0.2, 0.25) is 17.7 Å². The molecule has 0 spiro atoms. The molecule has 1 aromatic heterocycles. The lowest BCUT2D eigenvalue weighted by atomic mass is 10.1. The summed E-state index contributed by atoms with van der Waals surface area (Å²) in [5, 5.41) is 8.20. The highest BCUT2D eigenvalue weighted by Gasteiger charge is 2.20. The lowest BCUT2D eigenvalue weighted by Gasteiger charge is -2.22. The Morgan fingerprint density at radius 2 is 1.77 bits per heavy atom. The van der Waals surface area contributed by atoms with E-state index in [0.29, 0.717) is 24.6 Å². The van der Waals surface area contributed by atoms with Crippen LogP contribution in [0.2, 0.25) is 0 Å². The number of carbonyl (C=O) groups is 1. The molecule has 0 radical (unpaired) electrons. The number of hydrogen-bond acceptors (Lipinski definition) is 5. The molecule has 156 valence electrons. The van der Waals surface area contributed by atoms with Crippen molar-refractivity contribution in [2.75, 3.05) is 26.2 Å². The molecule has 30 heavy (non-hydrogen) atoms. The third-order valence-electron chi connectivity index (χ3n) is 5.51. The van der Waals surface area contributed by atoms with E-state index in [0.717, 1.165) is 44.7 Å². The van der Waals surface area contributed by atoms with Crippen LogP contribution in [-0.2, 0) is 17.8 Å². The molecular weight excluding hydrogens is 376 g/mol. The molecule has 1 aliphatic heterocycles. The maximum Gasteiger partial charge on any atom is 0.247 e. The van der Waals surface area contributed by atoms with Gasteiger partial charge in [0, 0.05) is 51.1 Å². The molecule has 6 heteroatoms. The maximum absolute atomic E-state index is 12.7. The van der Waals surface area contributed by atoms with Crippen LogP contribution in [-0.4, -0.2) is 52.1 Å². The molecule has 0 bridgehead atoms. The highest BCUT2D eigenvalue weighted by atomic mass is 16.4. The maximum atomic E-state index is 12.7. The Kier molecular flexibility index (Phi) is 6.54. The van der Waals surface area contributed by atoms with Crippen LogP contribution in [0.1, 0.15) is 29.9 Å². The zero-order valence-corrected chi connectivity index (χ0v) is 17.5. The van der Waals surface area contributed by atoms with E-state index in [9.17, 15) is 4.79 Å². The molecule has 1 fully saturated rings. The number of benzene rings is 2. The van der Waals surface area contributed by atoms with Crippen molar-refractivity contribution < 1.29 is 9.21 Å². The molecular formula is C24H28N4O2. The van der Waals surface area contributed by atoms with Gasteiger partial charge in [0.15, 0.2) is 0 Å². The number of rotatable bonds is 6. The van der Waals surface area contributed by atoms with Crippen molar-refractivity contribution in [1.82, 2.24) is 20.0 Å². The molecule has 2 aromatic carbocycles. The summed E-state index contributed by atoms with van der Waals surface area (Å²) in [4.78, 5) is 17.1. The van der Waals surface area contributed by atoms with Crippen LogP contribution in [0.3, 0.4) is 0 Å². The first-order valence-electron chi connectivity index (χ1n) is 10.6. The minimum absolute atomic E-state index is 0.159. The molecule has 1 aliphatic rings. The Labute approximate surface area is 177 Å². The molecule has 0 N–H and O–H groups in total. The van der Waals surface area contributed by atoms with Crippen LogP contribution in [0.5, 0.6) is 0 Å². The number of aromatic nitrogens is 2. The fraction of sp³-hybridized carbons (Fsp3) is 0.375. The van der Waals surface area contributed by atoms with Gasteiger partial charge in [-0.15, -0.1) is 10.2 Å². The van der Waals surface area contributed by atoms with Crippen molar-refractivity contribution in [2.45, 2.75) is 32.7 Å². The molecule has 2 heterocycles. The zero-order chi connectivity index (χ0) is 20.8. The van der Waals surface area contributed by atoms with Crippen molar-refractivity contribution in [3.63, 3.8) is 0 Å². The largest absolute Gasteiger partial charge is 0.421 e. The molecule has 0 saturated carbocycles. The van der Waals surface area contributed by atoms with Gasteiger partial charge in [-0.05, 0) is 31.0 Å². The van der Waals surface area contributed by atoms with Crippen LogP contribution in [0, 0.1) is 6.92 Å². The summed E-state index contributed by atoms with van der Waals surface area (Å²) in [5.74, 6) is 1.17. The van der Waals surface area contributed by atoms with Gasteiger partial charge in [0.05, 0.1) is 0 Å². The fourth-order valence-electron chi connectivity index (χ4n) is 3.75. The van der Waals surface area contributed by atoms with Gasteiger partial charge < -0.3 is 9.32 Å². The Hall–Kier alpha value is -2.99. The lowest BCUT2D eigenvalue weighted by Crippen LogP contribution is -2.35. The summed E-state index contributed by atoms with van der Waals surface area (Å²) in [5.41, 5.74) is 3.50. The van der Waals surface area contributed by atoms with Crippen LogP contribution in [0.4, 0.5) is 0 Å². The average molecular weight is 405 g/mol. The first-order valence-corrected chi connectivity index (χ1v) is 10.6. The van der Waals surface area contributed by atoms with Crippen molar-refractivity contribution in [2.24, 2.45) is 0 Å². The topological polar surface area (TPSA) is 62.5 Å². The van der Waals surface area contributed by atoms with E-state index < -0.39 is 0 Å². The number of hydrogen-bond donors (Lipinski definition) is 0. The number of nitrogens with zero attached hydrogens (tertiary/aromatic N) is 4. The second-order valence-corrected chi connectivity index (χ2v) is 7.86. The fourth-order valence-corrected chi connectivity index (χ4v) is 3.75. The normalized spacial score (nSPS) is 15.2. The van der Waals surface area contributed by atoms with E-state index in [1.54, 1.807) is 0 Å². The highest BCUT2D eigenvalue weighted by Crippen LogP contribution is 2.18. The van der Waals surface area contributed by atoms with Crippen LogP contribution in [0.25, 0.3) is 11.5 Å². The van der Waals surface area contributed by atoms with E-state index in [1.165, 1.54) is 11.1 Å². The van der Waals surface area contributed by atoms with Gasteiger partial charge in [0.1, 0.15) is 0 Å². The Morgan fingerprint density at radius 3 is 2.57 bits per heavy atom. The van der Waals surface area contributed by atoms with Gasteiger partial charge in [-0.1, -0.05) is 48.0 Å². The first kappa shape index (κ1) is 20.3. The van der Waals surface area contributed by atoms with E-state index in [-0.39, 0.29) is 5.91 Å². The summed E-state index contributed by atoms with van der Waals surface area (Å²) in [6.07, 6.45) is 1.87. The van der Waals surface area contributed by atoms with E-state index in [4.69, 9.17) is 4.42 Å². The smallest absolute Gasteiger partial charge is 0.247 e. The number of carbonyl (C=O) groups excluding carboxylic acids is 1. The van der Waals surface area contributed by atoms with Crippen molar-refractivity contribution >= 4 is 5.91 Å². The number of amides is 1.